The summed E-state index contributed by atoms with van der Waals surface area (Å²) in [6, 6.07) is 2.20. The molecule has 2 aliphatic carbocycles. The first kappa shape index (κ1) is 27.0. The van der Waals surface area contributed by atoms with Crippen LogP contribution in [0.3, 0.4) is 0 Å². The average molecular weight is 519 g/mol. The van der Waals surface area contributed by atoms with Crippen LogP contribution < -0.4 is 4.74 Å². The van der Waals surface area contributed by atoms with Crippen LogP contribution in [0.5, 0.6) is 5.75 Å². The second-order valence-electron chi connectivity index (χ2n) is 10.1. The van der Waals surface area contributed by atoms with Gasteiger partial charge >= 0.3 is 6.11 Å². The monoisotopic (exact) mass is 518 g/mol. The maximum atomic E-state index is 15.0. The zero-order valence-corrected chi connectivity index (χ0v) is 20.0. The van der Waals surface area contributed by atoms with E-state index in [4.69, 9.17) is 9.47 Å². The van der Waals surface area contributed by atoms with Gasteiger partial charge in [0.15, 0.2) is 17.9 Å². The van der Waals surface area contributed by atoms with Crippen LogP contribution in [0.25, 0.3) is 0 Å². The van der Waals surface area contributed by atoms with E-state index in [0.717, 1.165) is 6.07 Å². The minimum atomic E-state index is -3.64. The van der Waals surface area contributed by atoms with Crippen LogP contribution in [0.15, 0.2) is 42.5 Å². The molecule has 0 unspecified atom stereocenters. The summed E-state index contributed by atoms with van der Waals surface area (Å²) in [5.41, 5.74) is 0. The highest BCUT2D eigenvalue weighted by Gasteiger charge is 2.45. The molecule has 1 aliphatic heterocycles. The lowest BCUT2D eigenvalue weighted by atomic mass is 9.77. The van der Waals surface area contributed by atoms with Crippen LogP contribution >= 0.6 is 0 Å². The Morgan fingerprint density at radius 3 is 1.94 bits per heavy atom. The highest BCUT2D eigenvalue weighted by Crippen LogP contribution is 2.45. The molecule has 1 heterocycles. The number of alkyl halides is 2. The van der Waals surface area contributed by atoms with Gasteiger partial charge in [0.25, 0.3) is 0 Å². The van der Waals surface area contributed by atoms with Crippen molar-refractivity contribution in [2.75, 3.05) is 13.2 Å². The zero-order valence-electron chi connectivity index (χ0n) is 20.0. The molecule has 3 aliphatic rings. The Bertz CT molecular complexity index is 927. The number of benzene rings is 1. The average Bonchev–Trinajstić information content (AvgIpc) is 2.90. The van der Waals surface area contributed by atoms with E-state index >= 15 is 8.78 Å². The third kappa shape index (κ3) is 6.28. The number of ether oxygens (including phenoxy) is 3. The Morgan fingerprint density at radius 1 is 0.861 bits per heavy atom. The first-order valence-corrected chi connectivity index (χ1v) is 12.6. The standard InChI is InChI=1S/C27H32F6O3/c1-2-16-14-34-26(35-15-16)19-5-3-17(4-6-19)24(30)25(31)18-7-9-20(10-8-18)27(32,33)36-21-11-12-22(28)23(29)13-21/h2,11-13,16-20,26H,1,3-10,14-15H2/b25-24+. The summed E-state index contributed by atoms with van der Waals surface area (Å²) < 4.78 is 102. The zero-order chi connectivity index (χ0) is 25.9. The lowest BCUT2D eigenvalue weighted by Gasteiger charge is -2.37. The number of allylic oxidation sites excluding steroid dienone is 2. The van der Waals surface area contributed by atoms with Crippen molar-refractivity contribution in [2.45, 2.75) is 63.8 Å². The molecule has 1 aromatic carbocycles. The molecule has 9 heteroatoms. The van der Waals surface area contributed by atoms with Crippen molar-refractivity contribution < 1.29 is 40.6 Å². The minimum absolute atomic E-state index is 0.0597. The molecule has 0 amide bonds. The summed E-state index contributed by atoms with van der Waals surface area (Å²) in [6.07, 6.45) is 0.0866. The number of hydrogen-bond acceptors (Lipinski definition) is 3. The van der Waals surface area contributed by atoms with Gasteiger partial charge in [0.1, 0.15) is 17.4 Å². The third-order valence-corrected chi connectivity index (χ3v) is 7.73. The van der Waals surface area contributed by atoms with Crippen molar-refractivity contribution >= 4 is 0 Å². The second-order valence-corrected chi connectivity index (χ2v) is 10.1. The fourth-order valence-corrected chi connectivity index (χ4v) is 5.44. The molecule has 3 fully saturated rings. The molecule has 0 atom stereocenters. The molecule has 36 heavy (non-hydrogen) atoms. The molecule has 0 aromatic heterocycles. The van der Waals surface area contributed by atoms with Crippen LogP contribution in [0.2, 0.25) is 0 Å². The Kier molecular flexibility index (Phi) is 8.71. The minimum Gasteiger partial charge on any atom is -0.432 e. The lowest BCUT2D eigenvalue weighted by molar-refractivity contribution is -0.223. The number of hydrogen-bond donors (Lipinski definition) is 0. The second kappa shape index (κ2) is 11.6. The highest BCUT2D eigenvalue weighted by molar-refractivity contribution is 5.24. The van der Waals surface area contributed by atoms with E-state index < -0.39 is 52.9 Å². The molecule has 0 radical (unpaired) electrons. The Hall–Kier alpha value is -2.00. The lowest BCUT2D eigenvalue weighted by Crippen LogP contribution is -2.38. The van der Waals surface area contributed by atoms with Gasteiger partial charge in [0.05, 0.1) is 19.1 Å². The van der Waals surface area contributed by atoms with Gasteiger partial charge in [0.2, 0.25) is 0 Å². The Morgan fingerprint density at radius 2 is 1.42 bits per heavy atom. The summed E-state index contributed by atoms with van der Waals surface area (Å²) in [4.78, 5) is 0. The van der Waals surface area contributed by atoms with Gasteiger partial charge in [-0.1, -0.05) is 6.08 Å². The van der Waals surface area contributed by atoms with Gasteiger partial charge in [-0.2, -0.15) is 8.78 Å². The molecule has 200 valence electrons. The number of halogens is 6. The van der Waals surface area contributed by atoms with E-state index in [1.165, 1.54) is 0 Å². The molecule has 3 nitrogen and oxygen atoms in total. The summed E-state index contributed by atoms with van der Waals surface area (Å²) >= 11 is 0. The first-order chi connectivity index (χ1) is 17.2. The Balaban J connectivity index is 1.27. The van der Waals surface area contributed by atoms with E-state index in [-0.39, 0.29) is 43.8 Å². The van der Waals surface area contributed by atoms with E-state index in [1.54, 1.807) is 6.08 Å². The maximum absolute atomic E-state index is 15.0. The van der Waals surface area contributed by atoms with Crippen LogP contribution in [0.1, 0.15) is 51.4 Å². The van der Waals surface area contributed by atoms with Gasteiger partial charge in [0, 0.05) is 29.7 Å². The van der Waals surface area contributed by atoms with Crippen molar-refractivity contribution in [3.05, 3.63) is 54.1 Å². The fourth-order valence-electron chi connectivity index (χ4n) is 5.44. The normalized spacial score (nSPS) is 32.5. The molecular formula is C27H32F6O3. The molecule has 0 N–H and O–H groups in total. The van der Waals surface area contributed by atoms with Gasteiger partial charge in [-0.3, -0.25) is 0 Å². The molecule has 2 saturated carbocycles. The quantitative estimate of drug-likeness (QED) is 0.272. The van der Waals surface area contributed by atoms with Crippen LogP contribution in [0.4, 0.5) is 26.3 Å². The molecular weight excluding hydrogens is 486 g/mol. The van der Waals surface area contributed by atoms with Crippen LogP contribution in [-0.4, -0.2) is 25.6 Å². The predicted octanol–water partition coefficient (Wildman–Crippen LogP) is 7.87. The van der Waals surface area contributed by atoms with Crippen molar-refractivity contribution in [3.63, 3.8) is 0 Å². The summed E-state index contributed by atoms with van der Waals surface area (Å²) in [5.74, 6) is -6.75. The smallest absolute Gasteiger partial charge is 0.400 e. The number of rotatable bonds is 7. The van der Waals surface area contributed by atoms with Crippen LogP contribution in [0, 0.1) is 41.2 Å². The maximum Gasteiger partial charge on any atom is 0.400 e. The molecule has 1 saturated heterocycles. The summed E-state index contributed by atoms with van der Waals surface area (Å²) in [5, 5.41) is 0. The molecule has 0 spiro atoms. The van der Waals surface area contributed by atoms with Gasteiger partial charge in [-0.15, -0.1) is 6.58 Å². The third-order valence-electron chi connectivity index (χ3n) is 7.73. The summed E-state index contributed by atoms with van der Waals surface area (Å²) in [6.45, 7) is 4.83. The SMILES string of the molecule is C=CC1COC(C2CCC(/C(F)=C(\F)C3CCC(C(F)(F)Oc4ccc(F)c(F)c4)CC3)CC2)OC1. The molecule has 1 aromatic rings. The molecule has 4 rings (SSSR count). The van der Waals surface area contributed by atoms with E-state index in [0.29, 0.717) is 51.0 Å². The highest BCUT2D eigenvalue weighted by atomic mass is 19.3. The summed E-state index contributed by atoms with van der Waals surface area (Å²) in [7, 11) is 0. The first-order valence-electron chi connectivity index (χ1n) is 12.6. The Labute approximate surface area is 207 Å². The van der Waals surface area contributed by atoms with Gasteiger partial charge in [-0.05, 0) is 63.5 Å². The van der Waals surface area contributed by atoms with Crippen molar-refractivity contribution in [3.8, 4) is 5.75 Å². The van der Waals surface area contributed by atoms with Gasteiger partial charge < -0.3 is 14.2 Å². The van der Waals surface area contributed by atoms with Crippen molar-refractivity contribution in [1.29, 1.82) is 0 Å². The fraction of sp³-hybridized carbons (Fsp3) is 0.630. The largest absolute Gasteiger partial charge is 0.432 e. The molecule has 0 bridgehead atoms. The topological polar surface area (TPSA) is 27.7 Å². The van der Waals surface area contributed by atoms with Crippen LogP contribution in [-0.2, 0) is 9.47 Å². The van der Waals surface area contributed by atoms with E-state index in [1.807, 2.05) is 0 Å². The van der Waals surface area contributed by atoms with E-state index in [9.17, 15) is 17.6 Å². The van der Waals surface area contributed by atoms with Gasteiger partial charge in [-0.25, -0.2) is 17.6 Å². The predicted molar refractivity (Wildman–Crippen MR) is 121 cm³/mol. The van der Waals surface area contributed by atoms with Crippen molar-refractivity contribution in [1.82, 2.24) is 0 Å². The van der Waals surface area contributed by atoms with Crippen molar-refractivity contribution in [2.24, 2.45) is 29.6 Å². The van der Waals surface area contributed by atoms with E-state index in [2.05, 4.69) is 11.3 Å².